The predicted octanol–water partition coefficient (Wildman–Crippen LogP) is 4.43. The van der Waals surface area contributed by atoms with Crippen molar-refractivity contribution in [2.45, 2.75) is 26.1 Å². The Hall–Kier alpha value is -2.50. The third kappa shape index (κ3) is 6.49. The highest BCUT2D eigenvalue weighted by Crippen LogP contribution is 2.20. The van der Waals surface area contributed by atoms with E-state index in [0.717, 1.165) is 5.56 Å². The van der Waals surface area contributed by atoms with Gasteiger partial charge in [0.2, 0.25) is 0 Å². The van der Waals surface area contributed by atoms with Crippen LogP contribution in [0.15, 0.2) is 66.7 Å². The van der Waals surface area contributed by atoms with Crippen molar-refractivity contribution < 1.29 is 14.8 Å². The first-order valence-electron chi connectivity index (χ1n) is 8.27. The second-order valence-electron chi connectivity index (χ2n) is 6.01. The van der Waals surface area contributed by atoms with Crippen molar-refractivity contribution in [2.24, 2.45) is 5.92 Å². The zero-order chi connectivity index (χ0) is 18.1. The van der Waals surface area contributed by atoms with Crippen LogP contribution in [-0.4, -0.2) is 16.6 Å². The lowest BCUT2D eigenvalue weighted by atomic mass is 10.0. The number of nitro benzene ring substituents is 1. The third-order valence-electron chi connectivity index (χ3n) is 3.80. The Kier molecular flexibility index (Phi) is 7.32. The zero-order valence-corrected chi connectivity index (χ0v) is 14.2. The van der Waals surface area contributed by atoms with Crippen molar-refractivity contribution in [1.82, 2.24) is 0 Å². The molecular formula is C20H23NO4. The number of benzene rings is 2. The smallest absolute Gasteiger partial charge is 0.269 e. The molecule has 0 saturated carbocycles. The Bertz CT molecular complexity index is 683. The summed E-state index contributed by atoms with van der Waals surface area (Å²) < 4.78 is 5.68. The second kappa shape index (κ2) is 9.71. The van der Waals surface area contributed by atoms with Gasteiger partial charge in [0.05, 0.1) is 24.2 Å². The molecule has 0 radical (unpaired) electrons. The van der Waals surface area contributed by atoms with Crippen molar-refractivity contribution in [3.05, 3.63) is 88.0 Å². The van der Waals surface area contributed by atoms with E-state index in [1.165, 1.54) is 12.1 Å². The van der Waals surface area contributed by atoms with E-state index in [-0.39, 0.29) is 11.6 Å². The molecule has 5 heteroatoms. The molecule has 132 valence electrons. The molecule has 0 unspecified atom stereocenters. The third-order valence-corrected chi connectivity index (χ3v) is 3.80. The Morgan fingerprint density at radius 3 is 2.48 bits per heavy atom. The molecule has 5 nitrogen and oxygen atoms in total. The largest absolute Gasteiger partial charge is 0.388 e. The highest BCUT2D eigenvalue weighted by atomic mass is 16.6. The number of hydrogen-bond acceptors (Lipinski definition) is 4. The maximum Gasteiger partial charge on any atom is 0.269 e. The summed E-state index contributed by atoms with van der Waals surface area (Å²) in [5, 5.41) is 20.8. The fourth-order valence-corrected chi connectivity index (χ4v) is 2.39. The van der Waals surface area contributed by atoms with Crippen LogP contribution in [-0.2, 0) is 11.3 Å². The average Bonchev–Trinajstić information content (AvgIpc) is 2.62. The quantitative estimate of drug-likeness (QED) is 0.416. The van der Waals surface area contributed by atoms with Gasteiger partial charge in [0, 0.05) is 12.1 Å². The molecule has 25 heavy (non-hydrogen) atoms. The molecule has 2 atom stereocenters. The van der Waals surface area contributed by atoms with Gasteiger partial charge < -0.3 is 9.84 Å². The standard InChI is InChI=1S/C20H23NO4/c1-16(14-25-15-17-7-3-2-4-8-17)6-5-9-20(22)18-10-12-19(13-11-18)21(23)24/h2-8,10-13,16,20,22H,9,14-15H2,1H3/b6-5+/t16-,20-/m0/s1. The predicted molar refractivity (Wildman–Crippen MR) is 97.1 cm³/mol. The van der Waals surface area contributed by atoms with Gasteiger partial charge in [0.1, 0.15) is 0 Å². The topological polar surface area (TPSA) is 72.6 Å². The summed E-state index contributed by atoms with van der Waals surface area (Å²) in [7, 11) is 0. The summed E-state index contributed by atoms with van der Waals surface area (Å²) in [5.41, 5.74) is 1.84. The SMILES string of the molecule is C[C@@H](/C=C/C[C@H](O)c1ccc([N+](=O)[O-])cc1)COCc1ccccc1. The van der Waals surface area contributed by atoms with Gasteiger partial charge in [-0.15, -0.1) is 0 Å². The maximum atomic E-state index is 10.6. The highest BCUT2D eigenvalue weighted by Gasteiger charge is 2.09. The van der Waals surface area contributed by atoms with Gasteiger partial charge in [-0.05, 0) is 35.6 Å². The number of nitrogens with zero attached hydrogens (tertiary/aromatic N) is 1. The molecular weight excluding hydrogens is 318 g/mol. The number of hydrogen-bond donors (Lipinski definition) is 1. The minimum absolute atomic E-state index is 0.0238. The fraction of sp³-hybridized carbons (Fsp3) is 0.300. The van der Waals surface area contributed by atoms with Crippen molar-refractivity contribution >= 4 is 5.69 Å². The molecule has 2 rings (SSSR count). The van der Waals surface area contributed by atoms with Gasteiger partial charge in [-0.25, -0.2) is 0 Å². The first kappa shape index (κ1) is 18.8. The van der Waals surface area contributed by atoms with Gasteiger partial charge in [0.25, 0.3) is 5.69 Å². The maximum absolute atomic E-state index is 10.6. The molecule has 2 aromatic carbocycles. The number of aliphatic hydroxyl groups excluding tert-OH is 1. The summed E-state index contributed by atoms with van der Waals surface area (Å²) in [6.45, 7) is 3.25. The second-order valence-corrected chi connectivity index (χ2v) is 6.01. The minimum Gasteiger partial charge on any atom is -0.388 e. The molecule has 1 N–H and O–H groups in total. The first-order chi connectivity index (χ1) is 12.1. The monoisotopic (exact) mass is 341 g/mol. The molecule has 2 aromatic rings. The van der Waals surface area contributed by atoms with Crippen LogP contribution >= 0.6 is 0 Å². The Morgan fingerprint density at radius 1 is 1.16 bits per heavy atom. The van der Waals surface area contributed by atoms with Crippen molar-refractivity contribution in [3.63, 3.8) is 0 Å². The lowest BCUT2D eigenvalue weighted by molar-refractivity contribution is -0.384. The van der Waals surface area contributed by atoms with Crippen LogP contribution in [0.2, 0.25) is 0 Å². The van der Waals surface area contributed by atoms with Gasteiger partial charge in [0.15, 0.2) is 0 Å². The molecule has 0 fully saturated rings. The van der Waals surface area contributed by atoms with Crippen LogP contribution in [0.4, 0.5) is 5.69 Å². The molecule has 0 amide bonds. The lowest BCUT2D eigenvalue weighted by Gasteiger charge is -2.10. The Balaban J connectivity index is 1.72. The van der Waals surface area contributed by atoms with E-state index in [9.17, 15) is 15.2 Å². The number of ether oxygens (including phenoxy) is 1. The van der Waals surface area contributed by atoms with Crippen LogP contribution in [0.5, 0.6) is 0 Å². The summed E-state index contributed by atoms with van der Waals surface area (Å²) in [6, 6.07) is 16.0. The van der Waals surface area contributed by atoms with Crippen LogP contribution in [0.1, 0.15) is 30.6 Å². The van der Waals surface area contributed by atoms with E-state index >= 15 is 0 Å². The first-order valence-corrected chi connectivity index (χ1v) is 8.27. The van der Waals surface area contributed by atoms with E-state index in [1.54, 1.807) is 12.1 Å². The summed E-state index contributed by atoms with van der Waals surface area (Å²) in [6.07, 6.45) is 3.72. The van der Waals surface area contributed by atoms with Crippen molar-refractivity contribution in [3.8, 4) is 0 Å². The van der Waals surface area contributed by atoms with E-state index < -0.39 is 11.0 Å². The lowest BCUT2D eigenvalue weighted by Crippen LogP contribution is -2.03. The van der Waals surface area contributed by atoms with Crippen LogP contribution in [0.3, 0.4) is 0 Å². The van der Waals surface area contributed by atoms with Crippen LogP contribution in [0.25, 0.3) is 0 Å². The Morgan fingerprint density at radius 2 is 1.84 bits per heavy atom. The minimum atomic E-state index is -0.672. The molecule has 0 aliphatic heterocycles. The molecule has 0 aromatic heterocycles. The van der Waals surface area contributed by atoms with Crippen molar-refractivity contribution in [2.75, 3.05) is 6.61 Å². The van der Waals surface area contributed by atoms with E-state index in [2.05, 4.69) is 6.92 Å². The number of rotatable bonds is 9. The molecule has 0 saturated heterocycles. The van der Waals surface area contributed by atoms with Crippen LogP contribution < -0.4 is 0 Å². The van der Waals surface area contributed by atoms with E-state index in [4.69, 9.17) is 4.74 Å². The molecule has 0 bridgehead atoms. The number of non-ortho nitro benzene ring substituents is 1. The van der Waals surface area contributed by atoms with Gasteiger partial charge in [-0.2, -0.15) is 0 Å². The number of aliphatic hydroxyl groups is 1. The summed E-state index contributed by atoms with van der Waals surface area (Å²) in [4.78, 5) is 10.2. The van der Waals surface area contributed by atoms with Crippen molar-refractivity contribution in [1.29, 1.82) is 0 Å². The molecule has 0 spiro atoms. The van der Waals surface area contributed by atoms with Gasteiger partial charge in [-0.3, -0.25) is 10.1 Å². The molecule has 0 aliphatic carbocycles. The van der Waals surface area contributed by atoms with Gasteiger partial charge >= 0.3 is 0 Å². The summed E-state index contributed by atoms with van der Waals surface area (Å²) in [5.74, 6) is 0.243. The zero-order valence-electron chi connectivity index (χ0n) is 14.2. The number of nitro groups is 1. The van der Waals surface area contributed by atoms with E-state index in [1.807, 2.05) is 42.5 Å². The van der Waals surface area contributed by atoms with Crippen LogP contribution in [0, 0.1) is 16.0 Å². The van der Waals surface area contributed by atoms with Gasteiger partial charge in [-0.1, -0.05) is 49.4 Å². The van der Waals surface area contributed by atoms with E-state index in [0.29, 0.717) is 25.2 Å². The highest BCUT2D eigenvalue weighted by molar-refractivity contribution is 5.33. The molecule has 0 heterocycles. The Labute approximate surface area is 147 Å². The normalized spacial score (nSPS) is 13.7. The summed E-state index contributed by atoms with van der Waals surface area (Å²) >= 11 is 0. The fourth-order valence-electron chi connectivity index (χ4n) is 2.39. The average molecular weight is 341 g/mol. The molecule has 0 aliphatic rings.